The Morgan fingerprint density at radius 3 is 2.00 bits per heavy atom. The van der Waals surface area contributed by atoms with Gasteiger partial charge in [0.25, 0.3) is 0 Å². The van der Waals surface area contributed by atoms with Gasteiger partial charge in [-0.1, -0.05) is 6.92 Å². The van der Waals surface area contributed by atoms with Crippen LogP contribution in [0.2, 0.25) is 0 Å². The Labute approximate surface area is 99.5 Å². The molecule has 93 valence electrons. The molecule has 1 rings (SSSR count). The molecule has 0 aromatic carbocycles. The molecule has 0 saturated carbocycles. The normalized spacial score (nSPS) is 27.5. The van der Waals surface area contributed by atoms with E-state index in [9.17, 15) is 19.2 Å². The summed E-state index contributed by atoms with van der Waals surface area (Å²) in [6.07, 6.45) is 0. The second-order valence-electron chi connectivity index (χ2n) is 4.41. The van der Waals surface area contributed by atoms with Crippen molar-refractivity contribution in [2.45, 2.75) is 20.8 Å². The van der Waals surface area contributed by atoms with Gasteiger partial charge >= 0.3 is 11.9 Å². The summed E-state index contributed by atoms with van der Waals surface area (Å²) in [5, 5.41) is 0. The molecular formula is C12H15O5. The summed E-state index contributed by atoms with van der Waals surface area (Å²) >= 11 is 0. The highest BCUT2D eigenvalue weighted by atomic mass is 16.6. The Bertz CT molecular complexity index is 384. The molecule has 4 unspecified atom stereocenters. The zero-order valence-electron chi connectivity index (χ0n) is 10.1. The molecule has 0 aromatic heterocycles. The molecule has 1 aliphatic rings. The Kier molecular flexibility index (Phi) is 3.80. The Balaban J connectivity index is 3.07. The molecule has 0 spiro atoms. The number of hydrogen-bond donors (Lipinski definition) is 0. The maximum absolute atomic E-state index is 11.6. The van der Waals surface area contributed by atoms with Gasteiger partial charge in [-0.05, 0) is 20.8 Å². The lowest BCUT2D eigenvalue weighted by atomic mass is 9.74. The van der Waals surface area contributed by atoms with Crippen LogP contribution in [0.15, 0.2) is 0 Å². The van der Waals surface area contributed by atoms with Crippen molar-refractivity contribution in [3.63, 3.8) is 0 Å². The van der Waals surface area contributed by atoms with Crippen LogP contribution >= 0.6 is 0 Å². The molecule has 1 fully saturated rings. The summed E-state index contributed by atoms with van der Waals surface area (Å²) in [5.74, 6) is -5.33. The number of ether oxygens (including phenoxy) is 1. The third-order valence-electron chi connectivity index (χ3n) is 3.20. The van der Waals surface area contributed by atoms with Crippen LogP contribution in [-0.4, -0.2) is 23.5 Å². The maximum Gasteiger partial charge on any atom is 0.318 e. The fourth-order valence-corrected chi connectivity index (χ4v) is 2.11. The van der Waals surface area contributed by atoms with Crippen LogP contribution < -0.4 is 0 Å². The van der Waals surface area contributed by atoms with E-state index < -0.39 is 35.6 Å². The molecule has 0 N–H and O–H groups in total. The molecule has 0 bridgehead atoms. The molecule has 17 heavy (non-hydrogen) atoms. The van der Waals surface area contributed by atoms with Gasteiger partial charge in [-0.25, -0.2) is 0 Å². The van der Waals surface area contributed by atoms with Gasteiger partial charge in [0.2, 0.25) is 0 Å². The van der Waals surface area contributed by atoms with Crippen LogP contribution in [0.5, 0.6) is 0 Å². The molecule has 1 heterocycles. The standard InChI is InChI=1S/C12H15O5/c1-5(7(3)13)9(8(4)14)10-6(2)11(15)17-12(10)16/h5-6,9-10H,1H2,2-4H3. The van der Waals surface area contributed by atoms with Gasteiger partial charge < -0.3 is 4.74 Å². The first-order chi connectivity index (χ1) is 7.77. The number of esters is 2. The van der Waals surface area contributed by atoms with Crippen molar-refractivity contribution >= 4 is 23.5 Å². The van der Waals surface area contributed by atoms with E-state index in [1.165, 1.54) is 20.8 Å². The number of cyclic esters (lactones) is 2. The van der Waals surface area contributed by atoms with E-state index in [1.807, 2.05) is 0 Å². The number of carbonyl (C=O) groups is 4. The van der Waals surface area contributed by atoms with Crippen molar-refractivity contribution in [2.75, 3.05) is 0 Å². The first-order valence-electron chi connectivity index (χ1n) is 5.37. The van der Waals surface area contributed by atoms with Gasteiger partial charge in [0.05, 0.1) is 11.8 Å². The van der Waals surface area contributed by atoms with Gasteiger partial charge in [-0.15, -0.1) is 0 Å². The molecule has 1 saturated heterocycles. The van der Waals surface area contributed by atoms with Gasteiger partial charge in [-0.3, -0.25) is 19.2 Å². The smallest absolute Gasteiger partial charge is 0.318 e. The van der Waals surface area contributed by atoms with Gasteiger partial charge in [0.15, 0.2) is 0 Å². The van der Waals surface area contributed by atoms with E-state index in [0.29, 0.717) is 0 Å². The highest BCUT2D eigenvalue weighted by Gasteiger charge is 2.49. The van der Waals surface area contributed by atoms with Gasteiger partial charge in [-0.2, -0.15) is 0 Å². The van der Waals surface area contributed by atoms with E-state index in [-0.39, 0.29) is 11.6 Å². The maximum atomic E-state index is 11.6. The van der Waals surface area contributed by atoms with E-state index in [0.717, 1.165) is 0 Å². The molecule has 5 heteroatoms. The van der Waals surface area contributed by atoms with Crippen LogP contribution in [0.25, 0.3) is 0 Å². The summed E-state index contributed by atoms with van der Waals surface area (Å²) in [7, 11) is 0. The number of rotatable bonds is 4. The average Bonchev–Trinajstić information content (AvgIpc) is 2.44. The Morgan fingerprint density at radius 2 is 1.71 bits per heavy atom. The molecule has 1 radical (unpaired) electrons. The molecule has 1 aliphatic heterocycles. The van der Waals surface area contributed by atoms with Crippen LogP contribution in [0.3, 0.4) is 0 Å². The van der Waals surface area contributed by atoms with E-state index in [2.05, 4.69) is 11.7 Å². The van der Waals surface area contributed by atoms with E-state index >= 15 is 0 Å². The predicted octanol–water partition coefficient (Wildman–Crippen LogP) is 0.567. The third-order valence-corrected chi connectivity index (χ3v) is 3.20. The second kappa shape index (κ2) is 4.77. The minimum atomic E-state index is -0.897. The molecule has 0 amide bonds. The highest BCUT2D eigenvalue weighted by Crippen LogP contribution is 2.35. The number of ketones is 2. The largest absolute Gasteiger partial charge is 0.393 e. The fraction of sp³-hybridized carbons (Fsp3) is 0.583. The first-order valence-corrected chi connectivity index (χ1v) is 5.37. The summed E-state index contributed by atoms with van der Waals surface area (Å²) in [6, 6.07) is 0. The molecule has 0 aromatic rings. The van der Waals surface area contributed by atoms with Crippen molar-refractivity contribution in [3.8, 4) is 0 Å². The van der Waals surface area contributed by atoms with E-state index in [1.54, 1.807) is 0 Å². The topological polar surface area (TPSA) is 77.5 Å². The van der Waals surface area contributed by atoms with Crippen molar-refractivity contribution in [2.24, 2.45) is 23.7 Å². The molecular weight excluding hydrogens is 224 g/mol. The highest BCUT2D eigenvalue weighted by molar-refractivity contribution is 6.00. The average molecular weight is 239 g/mol. The van der Waals surface area contributed by atoms with Crippen LogP contribution in [0.1, 0.15) is 20.8 Å². The first kappa shape index (κ1) is 13.5. The third kappa shape index (κ3) is 2.43. The lowest BCUT2D eigenvalue weighted by molar-refractivity contribution is -0.155. The molecule has 5 nitrogen and oxygen atoms in total. The molecule has 4 atom stereocenters. The lowest BCUT2D eigenvalue weighted by Gasteiger charge is -2.24. The van der Waals surface area contributed by atoms with Crippen molar-refractivity contribution < 1.29 is 23.9 Å². The minimum absolute atomic E-state index is 0.287. The lowest BCUT2D eigenvalue weighted by Crippen LogP contribution is -2.37. The second-order valence-corrected chi connectivity index (χ2v) is 4.41. The number of Topliss-reactive ketones (excluding diaryl/α,β-unsaturated/α-hetero) is 2. The summed E-state index contributed by atoms with van der Waals surface area (Å²) < 4.78 is 4.48. The summed E-state index contributed by atoms with van der Waals surface area (Å²) in [6.45, 7) is 7.71. The monoisotopic (exact) mass is 239 g/mol. The van der Waals surface area contributed by atoms with Crippen LogP contribution in [0, 0.1) is 30.6 Å². The van der Waals surface area contributed by atoms with Gasteiger partial charge in [0, 0.05) is 11.8 Å². The zero-order valence-corrected chi connectivity index (χ0v) is 10.1. The summed E-state index contributed by atoms with van der Waals surface area (Å²) in [5.41, 5.74) is 0. The van der Waals surface area contributed by atoms with Crippen molar-refractivity contribution in [1.82, 2.24) is 0 Å². The molecule has 0 aliphatic carbocycles. The zero-order chi connectivity index (χ0) is 13.3. The fourth-order valence-electron chi connectivity index (χ4n) is 2.11. The van der Waals surface area contributed by atoms with Crippen LogP contribution in [0.4, 0.5) is 0 Å². The van der Waals surface area contributed by atoms with Crippen molar-refractivity contribution in [3.05, 3.63) is 6.92 Å². The SMILES string of the molecule is [CH2]C(C(C)=O)C(C(C)=O)C1C(=O)OC(=O)C1C. The van der Waals surface area contributed by atoms with E-state index in [4.69, 9.17) is 0 Å². The number of carbonyl (C=O) groups excluding carboxylic acids is 4. The van der Waals surface area contributed by atoms with Gasteiger partial charge in [0.1, 0.15) is 11.6 Å². The summed E-state index contributed by atoms with van der Waals surface area (Å²) in [4.78, 5) is 45.6. The predicted molar refractivity (Wildman–Crippen MR) is 57.5 cm³/mol. The van der Waals surface area contributed by atoms with Crippen molar-refractivity contribution in [1.29, 1.82) is 0 Å². The Morgan fingerprint density at radius 1 is 1.18 bits per heavy atom. The minimum Gasteiger partial charge on any atom is -0.393 e. The number of hydrogen-bond acceptors (Lipinski definition) is 5. The quantitative estimate of drug-likeness (QED) is 0.529. The Hall–Kier alpha value is -1.52. The van der Waals surface area contributed by atoms with Crippen LogP contribution in [-0.2, 0) is 23.9 Å².